The minimum Gasteiger partial charge on any atom is -0.326 e. The van der Waals surface area contributed by atoms with Gasteiger partial charge in [0.1, 0.15) is 0 Å². The van der Waals surface area contributed by atoms with Crippen LogP contribution in [0.1, 0.15) is 46.5 Å². The SMILES string of the molecule is CCCCC(N)C(C)(CC)N(C)C. The predicted octanol–water partition coefficient (Wildman–Crippen LogP) is 2.23. The Hall–Kier alpha value is -0.0800. The molecule has 0 spiro atoms. The first-order valence-corrected chi connectivity index (χ1v) is 5.42. The molecule has 0 saturated carbocycles. The van der Waals surface area contributed by atoms with Gasteiger partial charge in [0.15, 0.2) is 0 Å². The van der Waals surface area contributed by atoms with E-state index in [4.69, 9.17) is 5.73 Å². The Morgan fingerprint density at radius 1 is 1.31 bits per heavy atom. The van der Waals surface area contributed by atoms with Gasteiger partial charge in [-0.3, -0.25) is 0 Å². The molecule has 0 radical (unpaired) electrons. The fourth-order valence-electron chi connectivity index (χ4n) is 1.65. The summed E-state index contributed by atoms with van der Waals surface area (Å²) in [6, 6.07) is 0.299. The third-order valence-corrected chi connectivity index (χ3v) is 3.40. The molecule has 0 aromatic rings. The van der Waals surface area contributed by atoms with Gasteiger partial charge in [0.05, 0.1) is 0 Å². The van der Waals surface area contributed by atoms with Gasteiger partial charge in [-0.25, -0.2) is 0 Å². The van der Waals surface area contributed by atoms with Crippen molar-refractivity contribution in [1.82, 2.24) is 4.90 Å². The second kappa shape index (κ2) is 5.61. The van der Waals surface area contributed by atoms with Gasteiger partial charge in [-0.2, -0.15) is 0 Å². The van der Waals surface area contributed by atoms with Crippen molar-refractivity contribution in [1.29, 1.82) is 0 Å². The molecule has 2 nitrogen and oxygen atoms in total. The van der Waals surface area contributed by atoms with Crippen LogP contribution in [0.5, 0.6) is 0 Å². The number of nitrogens with two attached hydrogens (primary N) is 1. The van der Waals surface area contributed by atoms with E-state index in [2.05, 4.69) is 39.8 Å². The lowest BCUT2D eigenvalue weighted by molar-refractivity contribution is 0.126. The second-order valence-corrected chi connectivity index (χ2v) is 4.35. The number of hydrogen-bond acceptors (Lipinski definition) is 2. The van der Waals surface area contributed by atoms with Gasteiger partial charge in [-0.05, 0) is 33.9 Å². The highest BCUT2D eigenvalue weighted by Crippen LogP contribution is 2.22. The molecule has 2 atom stereocenters. The molecule has 2 N–H and O–H groups in total. The third kappa shape index (κ3) is 3.28. The maximum absolute atomic E-state index is 6.21. The minimum atomic E-state index is 0.162. The van der Waals surface area contributed by atoms with E-state index < -0.39 is 0 Å². The van der Waals surface area contributed by atoms with Crippen LogP contribution in [-0.2, 0) is 0 Å². The van der Waals surface area contributed by atoms with Gasteiger partial charge in [0.25, 0.3) is 0 Å². The van der Waals surface area contributed by atoms with E-state index in [1.165, 1.54) is 12.8 Å². The topological polar surface area (TPSA) is 29.3 Å². The summed E-state index contributed by atoms with van der Waals surface area (Å²) >= 11 is 0. The van der Waals surface area contributed by atoms with Crippen LogP contribution in [0.25, 0.3) is 0 Å². The molecule has 2 heteroatoms. The maximum atomic E-state index is 6.21. The molecule has 0 aliphatic carbocycles. The highest BCUT2D eigenvalue weighted by atomic mass is 15.2. The zero-order valence-corrected chi connectivity index (χ0v) is 9.93. The summed E-state index contributed by atoms with van der Waals surface area (Å²) in [7, 11) is 4.24. The summed E-state index contributed by atoms with van der Waals surface area (Å²) < 4.78 is 0. The van der Waals surface area contributed by atoms with E-state index in [1.54, 1.807) is 0 Å². The van der Waals surface area contributed by atoms with E-state index >= 15 is 0 Å². The quantitative estimate of drug-likeness (QED) is 0.689. The number of rotatable bonds is 6. The van der Waals surface area contributed by atoms with E-state index in [0.29, 0.717) is 6.04 Å². The summed E-state index contributed by atoms with van der Waals surface area (Å²) in [4.78, 5) is 2.26. The number of unbranched alkanes of at least 4 members (excludes halogenated alkanes) is 1. The first-order valence-electron chi connectivity index (χ1n) is 5.42. The first-order chi connectivity index (χ1) is 5.99. The van der Waals surface area contributed by atoms with Crippen molar-refractivity contribution in [3.8, 4) is 0 Å². The molecule has 0 amide bonds. The normalized spacial score (nSPS) is 18.7. The van der Waals surface area contributed by atoms with Gasteiger partial charge in [0.2, 0.25) is 0 Å². The number of likely N-dealkylation sites (N-methyl/N-ethyl adjacent to an activating group) is 1. The summed E-state index contributed by atoms with van der Waals surface area (Å²) in [5.41, 5.74) is 6.37. The van der Waals surface area contributed by atoms with E-state index in [9.17, 15) is 0 Å². The molecule has 0 saturated heterocycles. The van der Waals surface area contributed by atoms with Crippen LogP contribution in [0, 0.1) is 0 Å². The van der Waals surface area contributed by atoms with Crippen LogP contribution in [0.3, 0.4) is 0 Å². The summed E-state index contributed by atoms with van der Waals surface area (Å²) in [6.07, 6.45) is 4.73. The lowest BCUT2D eigenvalue weighted by Gasteiger charge is -2.41. The summed E-state index contributed by atoms with van der Waals surface area (Å²) in [6.45, 7) is 6.69. The van der Waals surface area contributed by atoms with Crippen molar-refractivity contribution >= 4 is 0 Å². The molecule has 0 aromatic carbocycles. The van der Waals surface area contributed by atoms with Gasteiger partial charge in [0, 0.05) is 11.6 Å². The lowest BCUT2D eigenvalue weighted by Crippen LogP contribution is -2.54. The molecule has 2 unspecified atom stereocenters. The molecule has 0 fully saturated rings. The van der Waals surface area contributed by atoms with Crippen LogP contribution in [0.2, 0.25) is 0 Å². The Labute approximate surface area is 83.5 Å². The Morgan fingerprint density at radius 2 is 1.85 bits per heavy atom. The van der Waals surface area contributed by atoms with Gasteiger partial charge < -0.3 is 10.6 Å². The third-order valence-electron chi connectivity index (χ3n) is 3.40. The van der Waals surface area contributed by atoms with Crippen molar-refractivity contribution in [2.75, 3.05) is 14.1 Å². The molecule has 13 heavy (non-hydrogen) atoms. The molecule has 80 valence electrons. The monoisotopic (exact) mass is 186 g/mol. The molecule has 0 bridgehead atoms. The van der Waals surface area contributed by atoms with E-state index in [1.807, 2.05) is 0 Å². The zero-order chi connectivity index (χ0) is 10.5. The zero-order valence-electron chi connectivity index (χ0n) is 9.93. The van der Waals surface area contributed by atoms with Crippen LogP contribution in [0.4, 0.5) is 0 Å². The standard InChI is InChI=1S/C11H26N2/c1-6-8-9-10(12)11(3,7-2)13(4)5/h10H,6-9,12H2,1-5H3. The fraction of sp³-hybridized carbons (Fsp3) is 1.00. The number of nitrogens with zero attached hydrogens (tertiary/aromatic N) is 1. The van der Waals surface area contributed by atoms with E-state index in [-0.39, 0.29) is 5.54 Å². The Balaban J connectivity index is 4.20. The van der Waals surface area contributed by atoms with Crippen LogP contribution >= 0.6 is 0 Å². The van der Waals surface area contributed by atoms with Crippen molar-refractivity contribution < 1.29 is 0 Å². The maximum Gasteiger partial charge on any atom is 0.0323 e. The molecule has 0 aromatic heterocycles. The minimum absolute atomic E-state index is 0.162. The molecule has 0 heterocycles. The lowest BCUT2D eigenvalue weighted by atomic mass is 9.85. The van der Waals surface area contributed by atoms with Crippen LogP contribution in [-0.4, -0.2) is 30.6 Å². The first kappa shape index (κ1) is 12.9. The Morgan fingerprint density at radius 3 is 2.15 bits per heavy atom. The second-order valence-electron chi connectivity index (χ2n) is 4.35. The van der Waals surface area contributed by atoms with Gasteiger partial charge in [-0.1, -0.05) is 26.7 Å². The summed E-state index contributed by atoms with van der Waals surface area (Å²) in [5, 5.41) is 0. The Bertz CT molecular complexity index is 134. The average Bonchev–Trinajstić information content (AvgIpc) is 2.12. The molecule has 0 rings (SSSR count). The van der Waals surface area contributed by atoms with Crippen LogP contribution in [0.15, 0.2) is 0 Å². The smallest absolute Gasteiger partial charge is 0.0323 e. The molecular weight excluding hydrogens is 160 g/mol. The molecule has 0 aliphatic heterocycles. The van der Waals surface area contributed by atoms with Gasteiger partial charge in [-0.15, -0.1) is 0 Å². The highest BCUT2D eigenvalue weighted by Gasteiger charge is 2.31. The van der Waals surface area contributed by atoms with E-state index in [0.717, 1.165) is 12.8 Å². The molecule has 0 aliphatic rings. The van der Waals surface area contributed by atoms with Crippen LogP contribution < -0.4 is 5.73 Å². The van der Waals surface area contributed by atoms with Crippen molar-refractivity contribution in [2.24, 2.45) is 5.73 Å². The van der Waals surface area contributed by atoms with Gasteiger partial charge >= 0.3 is 0 Å². The number of hydrogen-bond donors (Lipinski definition) is 1. The summed E-state index contributed by atoms with van der Waals surface area (Å²) in [5.74, 6) is 0. The van der Waals surface area contributed by atoms with Crippen molar-refractivity contribution in [3.63, 3.8) is 0 Å². The Kier molecular flexibility index (Phi) is 5.57. The predicted molar refractivity (Wildman–Crippen MR) is 59.9 cm³/mol. The van der Waals surface area contributed by atoms with Crippen molar-refractivity contribution in [2.45, 2.75) is 58.0 Å². The largest absolute Gasteiger partial charge is 0.326 e. The fourth-order valence-corrected chi connectivity index (χ4v) is 1.65. The van der Waals surface area contributed by atoms with Crippen molar-refractivity contribution in [3.05, 3.63) is 0 Å². The highest BCUT2D eigenvalue weighted by molar-refractivity contribution is 4.91. The molecular formula is C11H26N2. The average molecular weight is 186 g/mol.